The summed E-state index contributed by atoms with van der Waals surface area (Å²) in [5.74, 6) is -0.864. The van der Waals surface area contributed by atoms with Crippen LogP contribution in [0.3, 0.4) is 0 Å². The van der Waals surface area contributed by atoms with Gasteiger partial charge in [-0.05, 0) is 63.3 Å². The van der Waals surface area contributed by atoms with Crippen LogP contribution in [-0.4, -0.2) is 68.8 Å². The SMILES string of the molecule is CN(C)CCN(C(=O)C1CCN(S(=O)(=O)c2ccc(F)cc2)CC1)c1nc2c(Cl)cccc2s1.Cl. The van der Waals surface area contributed by atoms with Crippen LogP contribution in [0.4, 0.5) is 9.52 Å². The Labute approximate surface area is 219 Å². The van der Waals surface area contributed by atoms with Crippen LogP contribution in [0.25, 0.3) is 10.2 Å². The van der Waals surface area contributed by atoms with Crippen LogP contribution in [0, 0.1) is 11.7 Å². The van der Waals surface area contributed by atoms with Gasteiger partial charge in [-0.1, -0.05) is 29.0 Å². The van der Waals surface area contributed by atoms with E-state index in [0.717, 1.165) is 16.8 Å². The highest BCUT2D eigenvalue weighted by molar-refractivity contribution is 7.89. The molecule has 1 saturated heterocycles. The van der Waals surface area contributed by atoms with E-state index in [1.54, 1.807) is 11.0 Å². The largest absolute Gasteiger partial charge is 0.308 e. The molecule has 0 atom stereocenters. The van der Waals surface area contributed by atoms with Crippen molar-refractivity contribution in [1.82, 2.24) is 14.2 Å². The molecule has 1 fully saturated rings. The molecule has 0 aliphatic carbocycles. The Kier molecular flexibility index (Phi) is 9.11. The minimum Gasteiger partial charge on any atom is -0.308 e. The van der Waals surface area contributed by atoms with E-state index in [1.165, 1.54) is 27.8 Å². The van der Waals surface area contributed by atoms with Crippen molar-refractivity contribution >= 4 is 66.6 Å². The minimum atomic E-state index is -3.73. The predicted molar refractivity (Wildman–Crippen MR) is 141 cm³/mol. The number of thiazole rings is 1. The topological polar surface area (TPSA) is 73.8 Å². The zero-order valence-electron chi connectivity index (χ0n) is 19.4. The van der Waals surface area contributed by atoms with Gasteiger partial charge in [0.15, 0.2) is 5.13 Å². The van der Waals surface area contributed by atoms with Crippen LogP contribution in [-0.2, 0) is 14.8 Å². The molecular formula is C23H27Cl2FN4O3S2. The number of rotatable bonds is 7. The number of benzene rings is 2. The third-order valence-electron chi connectivity index (χ3n) is 5.88. The highest BCUT2D eigenvalue weighted by Crippen LogP contribution is 2.34. The fraction of sp³-hybridized carbons (Fsp3) is 0.391. The highest BCUT2D eigenvalue weighted by Gasteiger charge is 2.35. The average molecular weight is 562 g/mol. The number of amides is 1. The molecule has 0 spiro atoms. The number of likely N-dealkylation sites (N-methyl/N-ethyl adjacent to an activating group) is 1. The van der Waals surface area contributed by atoms with E-state index in [-0.39, 0.29) is 42.2 Å². The molecule has 3 aromatic rings. The lowest BCUT2D eigenvalue weighted by atomic mass is 9.96. The number of hydrogen-bond acceptors (Lipinski definition) is 6. The first kappa shape index (κ1) is 27.8. The summed E-state index contributed by atoms with van der Waals surface area (Å²) in [6.45, 7) is 1.58. The van der Waals surface area contributed by atoms with Crippen LogP contribution in [0.5, 0.6) is 0 Å². The molecule has 0 bridgehead atoms. The summed E-state index contributed by atoms with van der Waals surface area (Å²) in [6.07, 6.45) is 0.812. The van der Waals surface area contributed by atoms with Crippen molar-refractivity contribution in [3.05, 3.63) is 53.3 Å². The van der Waals surface area contributed by atoms with Crippen LogP contribution in [0.15, 0.2) is 47.4 Å². The number of sulfonamides is 1. The van der Waals surface area contributed by atoms with Crippen LogP contribution >= 0.6 is 35.3 Å². The van der Waals surface area contributed by atoms with Gasteiger partial charge in [-0.2, -0.15) is 4.31 Å². The molecule has 1 aliphatic heterocycles. The maximum atomic E-state index is 13.6. The lowest BCUT2D eigenvalue weighted by Gasteiger charge is -2.33. The van der Waals surface area contributed by atoms with Crippen molar-refractivity contribution in [1.29, 1.82) is 0 Å². The third-order valence-corrected chi connectivity index (χ3v) is 9.14. The molecule has 190 valence electrons. The molecule has 12 heteroatoms. The average Bonchev–Trinajstić information content (AvgIpc) is 3.24. The van der Waals surface area contributed by atoms with Crippen molar-refractivity contribution in [3.63, 3.8) is 0 Å². The minimum absolute atomic E-state index is 0. The summed E-state index contributed by atoms with van der Waals surface area (Å²) >= 11 is 7.72. The van der Waals surface area contributed by atoms with Gasteiger partial charge in [0.1, 0.15) is 11.3 Å². The second kappa shape index (κ2) is 11.5. The molecule has 0 radical (unpaired) electrons. The molecule has 1 amide bonds. The third kappa shape index (κ3) is 6.12. The normalized spacial score (nSPS) is 15.3. The molecule has 2 aromatic carbocycles. The summed E-state index contributed by atoms with van der Waals surface area (Å²) in [5, 5.41) is 1.13. The summed E-state index contributed by atoms with van der Waals surface area (Å²) < 4.78 is 41.3. The number of carbonyl (C=O) groups is 1. The lowest BCUT2D eigenvalue weighted by Crippen LogP contribution is -2.46. The molecule has 2 heterocycles. The molecule has 4 rings (SSSR count). The van der Waals surface area contributed by atoms with E-state index in [0.29, 0.717) is 41.6 Å². The van der Waals surface area contributed by atoms with E-state index in [1.807, 2.05) is 31.1 Å². The van der Waals surface area contributed by atoms with Crippen molar-refractivity contribution in [2.75, 3.05) is 45.2 Å². The molecular weight excluding hydrogens is 534 g/mol. The van der Waals surface area contributed by atoms with Gasteiger partial charge in [0.05, 0.1) is 14.6 Å². The number of aromatic nitrogens is 1. The van der Waals surface area contributed by atoms with Crippen LogP contribution in [0.1, 0.15) is 12.8 Å². The van der Waals surface area contributed by atoms with E-state index in [9.17, 15) is 17.6 Å². The van der Waals surface area contributed by atoms with Gasteiger partial charge in [-0.15, -0.1) is 12.4 Å². The standard InChI is InChI=1S/C23H26ClFN4O3S2.ClH/c1-27(2)14-15-29(23-26-21-19(24)4-3-5-20(21)33-23)22(30)16-10-12-28(13-11-16)34(31,32)18-8-6-17(25)7-9-18;/h3-9,16H,10-15H2,1-2H3;1H. The van der Waals surface area contributed by atoms with Gasteiger partial charge in [0.25, 0.3) is 0 Å². The second-order valence-electron chi connectivity index (χ2n) is 8.51. The zero-order chi connectivity index (χ0) is 24.5. The molecule has 1 aliphatic rings. The van der Waals surface area contributed by atoms with Crippen molar-refractivity contribution in [2.45, 2.75) is 17.7 Å². The Balaban J connectivity index is 0.00000342. The van der Waals surface area contributed by atoms with Crippen molar-refractivity contribution in [3.8, 4) is 0 Å². The Morgan fingerprint density at radius 1 is 1.14 bits per heavy atom. The highest BCUT2D eigenvalue weighted by atomic mass is 35.5. The molecule has 0 saturated carbocycles. The van der Waals surface area contributed by atoms with Crippen LogP contribution < -0.4 is 4.90 Å². The quantitative estimate of drug-likeness (QED) is 0.425. The van der Waals surface area contributed by atoms with E-state index in [4.69, 9.17) is 11.6 Å². The van der Waals surface area contributed by atoms with E-state index in [2.05, 4.69) is 4.98 Å². The number of halogens is 3. The lowest BCUT2D eigenvalue weighted by molar-refractivity contribution is -0.123. The van der Waals surface area contributed by atoms with Gasteiger partial charge in [0, 0.05) is 32.1 Å². The Morgan fingerprint density at radius 2 is 1.80 bits per heavy atom. The first-order chi connectivity index (χ1) is 16.2. The zero-order valence-corrected chi connectivity index (χ0v) is 22.6. The molecule has 7 nitrogen and oxygen atoms in total. The number of carbonyl (C=O) groups excluding carboxylic acids is 1. The van der Waals surface area contributed by atoms with E-state index >= 15 is 0 Å². The second-order valence-corrected chi connectivity index (χ2v) is 11.9. The maximum Gasteiger partial charge on any atom is 0.243 e. The van der Waals surface area contributed by atoms with Gasteiger partial charge in [-0.25, -0.2) is 17.8 Å². The summed E-state index contributed by atoms with van der Waals surface area (Å²) in [7, 11) is 0.149. The molecule has 0 N–H and O–H groups in total. The van der Waals surface area contributed by atoms with Gasteiger partial charge in [-0.3, -0.25) is 9.69 Å². The number of hydrogen-bond donors (Lipinski definition) is 0. The Bertz CT molecular complexity index is 1280. The number of piperidine rings is 1. The predicted octanol–water partition coefficient (Wildman–Crippen LogP) is 4.51. The summed E-state index contributed by atoms with van der Waals surface area (Å²) in [5.41, 5.74) is 0.673. The number of para-hydroxylation sites is 1. The monoisotopic (exact) mass is 560 g/mol. The molecule has 1 aromatic heterocycles. The Hall–Kier alpha value is -1.82. The first-order valence-electron chi connectivity index (χ1n) is 10.9. The fourth-order valence-corrected chi connectivity index (χ4v) is 6.70. The van der Waals surface area contributed by atoms with Crippen LogP contribution in [0.2, 0.25) is 5.02 Å². The van der Waals surface area contributed by atoms with Gasteiger partial charge >= 0.3 is 0 Å². The number of nitrogens with zero attached hydrogens (tertiary/aromatic N) is 4. The van der Waals surface area contributed by atoms with Gasteiger partial charge < -0.3 is 4.90 Å². The van der Waals surface area contributed by atoms with Crippen molar-refractivity contribution < 1.29 is 17.6 Å². The fourth-order valence-electron chi connectivity index (χ4n) is 3.94. The van der Waals surface area contributed by atoms with Crippen molar-refractivity contribution in [2.24, 2.45) is 5.92 Å². The smallest absolute Gasteiger partial charge is 0.243 e. The first-order valence-corrected chi connectivity index (χ1v) is 13.6. The Morgan fingerprint density at radius 3 is 2.40 bits per heavy atom. The van der Waals surface area contributed by atoms with E-state index < -0.39 is 15.8 Å². The summed E-state index contributed by atoms with van der Waals surface area (Å²) in [4.78, 5) is 22.0. The maximum absolute atomic E-state index is 13.6. The number of anilines is 1. The van der Waals surface area contributed by atoms with Gasteiger partial charge in [0.2, 0.25) is 15.9 Å². The summed E-state index contributed by atoms with van der Waals surface area (Å²) in [6, 6.07) is 10.4. The molecule has 0 unspecified atom stereocenters. The molecule has 35 heavy (non-hydrogen) atoms. The number of fused-ring (bicyclic) bond motifs is 1.